The lowest BCUT2D eigenvalue weighted by Crippen LogP contribution is -2.43. The first kappa shape index (κ1) is 9.34. The Hall–Kier alpha value is -1.22. The van der Waals surface area contributed by atoms with Crippen molar-refractivity contribution < 1.29 is 9.84 Å². The Bertz CT molecular complexity index is 345. The SMILES string of the molecule is COc1ccc(O)cc1C1(N)CCC1. The molecule has 1 aromatic carbocycles. The summed E-state index contributed by atoms with van der Waals surface area (Å²) in [6.45, 7) is 0. The van der Waals surface area contributed by atoms with Crippen molar-refractivity contribution in [2.75, 3.05) is 7.11 Å². The van der Waals surface area contributed by atoms with E-state index in [2.05, 4.69) is 0 Å². The van der Waals surface area contributed by atoms with Gasteiger partial charge in [-0.2, -0.15) is 0 Å². The van der Waals surface area contributed by atoms with Gasteiger partial charge in [-0.05, 0) is 37.5 Å². The molecule has 0 aliphatic heterocycles. The maximum absolute atomic E-state index is 9.40. The van der Waals surface area contributed by atoms with Crippen LogP contribution in [0.2, 0.25) is 0 Å². The Morgan fingerprint density at radius 2 is 2.14 bits per heavy atom. The second kappa shape index (κ2) is 3.17. The Morgan fingerprint density at radius 3 is 2.64 bits per heavy atom. The monoisotopic (exact) mass is 193 g/mol. The molecule has 14 heavy (non-hydrogen) atoms. The summed E-state index contributed by atoms with van der Waals surface area (Å²) in [6.07, 6.45) is 3.08. The molecule has 0 unspecified atom stereocenters. The Kier molecular flexibility index (Phi) is 2.11. The molecule has 0 amide bonds. The number of rotatable bonds is 2. The second-order valence-corrected chi connectivity index (χ2v) is 3.89. The summed E-state index contributed by atoms with van der Waals surface area (Å²) in [4.78, 5) is 0. The molecule has 3 heteroatoms. The van der Waals surface area contributed by atoms with Gasteiger partial charge >= 0.3 is 0 Å². The number of phenolic OH excluding ortho intramolecular Hbond substituents is 1. The summed E-state index contributed by atoms with van der Waals surface area (Å²) in [5, 5.41) is 9.40. The fourth-order valence-electron chi connectivity index (χ4n) is 1.91. The molecule has 0 saturated heterocycles. The minimum absolute atomic E-state index is 0.248. The summed E-state index contributed by atoms with van der Waals surface area (Å²) in [6, 6.07) is 5.08. The van der Waals surface area contributed by atoms with E-state index < -0.39 is 0 Å². The van der Waals surface area contributed by atoms with Gasteiger partial charge in [0.1, 0.15) is 11.5 Å². The van der Waals surface area contributed by atoms with Crippen molar-refractivity contribution in [3.05, 3.63) is 23.8 Å². The van der Waals surface area contributed by atoms with Crippen LogP contribution in [0.4, 0.5) is 0 Å². The van der Waals surface area contributed by atoms with Crippen LogP contribution in [0.1, 0.15) is 24.8 Å². The largest absolute Gasteiger partial charge is 0.508 e. The van der Waals surface area contributed by atoms with Gasteiger partial charge < -0.3 is 15.6 Å². The van der Waals surface area contributed by atoms with E-state index in [1.165, 1.54) is 0 Å². The van der Waals surface area contributed by atoms with E-state index in [1.807, 2.05) is 0 Å². The molecular weight excluding hydrogens is 178 g/mol. The van der Waals surface area contributed by atoms with Crippen molar-refractivity contribution in [3.8, 4) is 11.5 Å². The van der Waals surface area contributed by atoms with Crippen LogP contribution in [0.25, 0.3) is 0 Å². The van der Waals surface area contributed by atoms with Gasteiger partial charge in [0.25, 0.3) is 0 Å². The zero-order valence-electron chi connectivity index (χ0n) is 8.29. The van der Waals surface area contributed by atoms with Gasteiger partial charge in [-0.1, -0.05) is 0 Å². The molecule has 3 N–H and O–H groups in total. The van der Waals surface area contributed by atoms with Crippen molar-refractivity contribution in [2.24, 2.45) is 5.73 Å². The number of hydrogen-bond acceptors (Lipinski definition) is 3. The van der Waals surface area contributed by atoms with Crippen LogP contribution in [0, 0.1) is 0 Å². The van der Waals surface area contributed by atoms with E-state index >= 15 is 0 Å². The van der Waals surface area contributed by atoms with Crippen LogP contribution in [0.15, 0.2) is 18.2 Å². The molecule has 1 fully saturated rings. The first-order chi connectivity index (χ1) is 6.65. The highest BCUT2D eigenvalue weighted by molar-refractivity contribution is 5.44. The fraction of sp³-hybridized carbons (Fsp3) is 0.455. The number of hydrogen-bond donors (Lipinski definition) is 2. The van der Waals surface area contributed by atoms with Gasteiger partial charge in [0, 0.05) is 11.1 Å². The van der Waals surface area contributed by atoms with Gasteiger partial charge in [0.2, 0.25) is 0 Å². The zero-order chi connectivity index (χ0) is 10.2. The smallest absolute Gasteiger partial charge is 0.124 e. The summed E-state index contributed by atoms with van der Waals surface area (Å²) in [5.41, 5.74) is 6.81. The van der Waals surface area contributed by atoms with Crippen LogP contribution in [0.5, 0.6) is 11.5 Å². The number of methoxy groups -OCH3 is 1. The highest BCUT2D eigenvalue weighted by Gasteiger charge is 2.36. The quantitative estimate of drug-likeness (QED) is 0.752. The summed E-state index contributed by atoms with van der Waals surface area (Å²) in [5.74, 6) is 1.02. The maximum atomic E-state index is 9.40. The predicted octanol–water partition coefficient (Wildman–Crippen LogP) is 1.74. The van der Waals surface area contributed by atoms with Crippen molar-refractivity contribution in [2.45, 2.75) is 24.8 Å². The van der Waals surface area contributed by atoms with Gasteiger partial charge in [-0.15, -0.1) is 0 Å². The third kappa shape index (κ3) is 1.34. The minimum Gasteiger partial charge on any atom is -0.508 e. The van der Waals surface area contributed by atoms with Crippen molar-refractivity contribution in [3.63, 3.8) is 0 Å². The number of phenols is 1. The molecule has 3 nitrogen and oxygen atoms in total. The van der Waals surface area contributed by atoms with Gasteiger partial charge in [-0.3, -0.25) is 0 Å². The molecule has 1 aliphatic rings. The molecule has 0 bridgehead atoms. The molecule has 2 rings (SSSR count). The Balaban J connectivity index is 2.43. The number of nitrogens with two attached hydrogens (primary N) is 1. The molecule has 76 valence electrons. The molecule has 1 aliphatic carbocycles. The van der Waals surface area contributed by atoms with Crippen molar-refractivity contribution in [1.29, 1.82) is 0 Å². The van der Waals surface area contributed by atoms with Gasteiger partial charge in [-0.25, -0.2) is 0 Å². The summed E-state index contributed by atoms with van der Waals surface area (Å²) < 4.78 is 5.23. The fourth-order valence-corrected chi connectivity index (χ4v) is 1.91. The Morgan fingerprint density at radius 1 is 1.43 bits per heavy atom. The number of aromatic hydroxyl groups is 1. The maximum Gasteiger partial charge on any atom is 0.124 e. The molecule has 0 heterocycles. The first-order valence-corrected chi connectivity index (χ1v) is 4.82. The summed E-state index contributed by atoms with van der Waals surface area (Å²) >= 11 is 0. The van der Waals surface area contributed by atoms with E-state index in [0.717, 1.165) is 30.6 Å². The summed E-state index contributed by atoms with van der Waals surface area (Å²) in [7, 11) is 1.62. The van der Waals surface area contributed by atoms with E-state index in [9.17, 15) is 5.11 Å². The number of benzene rings is 1. The topological polar surface area (TPSA) is 55.5 Å². The van der Waals surface area contributed by atoms with E-state index in [-0.39, 0.29) is 11.3 Å². The van der Waals surface area contributed by atoms with Gasteiger partial charge in [0.05, 0.1) is 7.11 Å². The van der Waals surface area contributed by atoms with Crippen LogP contribution >= 0.6 is 0 Å². The molecule has 0 radical (unpaired) electrons. The standard InChI is InChI=1S/C11H15NO2/c1-14-10-4-3-8(13)7-9(10)11(12)5-2-6-11/h3-4,7,13H,2,5-6,12H2,1H3. The lowest BCUT2D eigenvalue weighted by Gasteiger charge is -2.39. The van der Waals surface area contributed by atoms with Crippen molar-refractivity contribution >= 4 is 0 Å². The minimum atomic E-state index is -0.288. The van der Waals surface area contributed by atoms with Crippen LogP contribution in [-0.2, 0) is 5.54 Å². The van der Waals surface area contributed by atoms with Crippen LogP contribution < -0.4 is 10.5 Å². The second-order valence-electron chi connectivity index (χ2n) is 3.89. The molecule has 0 spiro atoms. The van der Waals surface area contributed by atoms with E-state index in [4.69, 9.17) is 10.5 Å². The average Bonchev–Trinajstić information content (AvgIpc) is 2.14. The van der Waals surface area contributed by atoms with E-state index in [1.54, 1.807) is 25.3 Å². The van der Waals surface area contributed by atoms with Crippen molar-refractivity contribution in [1.82, 2.24) is 0 Å². The highest BCUT2D eigenvalue weighted by atomic mass is 16.5. The third-order valence-electron chi connectivity index (χ3n) is 2.97. The lowest BCUT2D eigenvalue weighted by atomic mass is 9.72. The number of ether oxygens (including phenoxy) is 1. The normalized spacial score (nSPS) is 18.7. The molecule has 1 saturated carbocycles. The Labute approximate surface area is 83.5 Å². The van der Waals surface area contributed by atoms with E-state index in [0.29, 0.717) is 0 Å². The predicted molar refractivity (Wildman–Crippen MR) is 54.4 cm³/mol. The third-order valence-corrected chi connectivity index (χ3v) is 2.97. The molecular formula is C11H15NO2. The zero-order valence-corrected chi connectivity index (χ0v) is 8.29. The molecule has 0 atom stereocenters. The molecule has 1 aromatic rings. The average molecular weight is 193 g/mol. The first-order valence-electron chi connectivity index (χ1n) is 4.82. The van der Waals surface area contributed by atoms with Crippen LogP contribution in [-0.4, -0.2) is 12.2 Å². The lowest BCUT2D eigenvalue weighted by molar-refractivity contribution is 0.243. The molecule has 0 aromatic heterocycles. The van der Waals surface area contributed by atoms with Crippen LogP contribution in [0.3, 0.4) is 0 Å². The highest BCUT2D eigenvalue weighted by Crippen LogP contribution is 2.43. The van der Waals surface area contributed by atoms with Gasteiger partial charge in [0.15, 0.2) is 0 Å².